The highest BCUT2D eigenvalue weighted by molar-refractivity contribution is 6.01. The minimum absolute atomic E-state index is 0.135. The molecule has 4 rings (SSSR count). The molecule has 11 heteroatoms. The van der Waals surface area contributed by atoms with Crippen LogP contribution in [0, 0.1) is 5.92 Å². The summed E-state index contributed by atoms with van der Waals surface area (Å²) in [4.78, 5) is 29.4. The van der Waals surface area contributed by atoms with Gasteiger partial charge in [-0.15, -0.1) is 0 Å². The first-order valence-electron chi connectivity index (χ1n) is 12.4. The van der Waals surface area contributed by atoms with Crippen molar-refractivity contribution < 1.29 is 27.2 Å². The van der Waals surface area contributed by atoms with Gasteiger partial charge in [-0.05, 0) is 38.1 Å². The molecule has 7 nitrogen and oxygen atoms in total. The first kappa shape index (κ1) is 27.6. The minimum Gasteiger partial charge on any atom is -0.379 e. The third kappa shape index (κ3) is 6.50. The molecular weight excluding hydrogens is 502 g/mol. The van der Waals surface area contributed by atoms with Crippen LogP contribution in [0.4, 0.5) is 23.2 Å². The molecule has 1 saturated carbocycles. The second kappa shape index (κ2) is 11.1. The number of carbonyl (C=O) groups is 2. The van der Waals surface area contributed by atoms with E-state index < -0.39 is 24.0 Å². The molecule has 1 saturated heterocycles. The molecular formula is C27H31F4N5O2. The third-order valence-corrected chi connectivity index (χ3v) is 6.81. The Kier molecular flexibility index (Phi) is 8.05. The molecule has 0 radical (unpaired) electrons. The maximum Gasteiger partial charge on any atom is 0.417 e. The number of benzene rings is 1. The standard InChI is InChI=1S/C27H31F4N5O2/c1-15(27(29,30)31)25-18-7-4-8-22(35-23-9-11-36(3)14-21(23)28)19(18)12-17(34-25)6-5-10-32-26(38)20-13-24(20)33-16(2)37/h4-8,12,20-21,23-24,35H,1,9-11,13-14H2,2-3H3,(H,32,38)(H,33,37)/b6-5+/t20-,21+,23-,24+/m1/s1. The van der Waals surface area contributed by atoms with Gasteiger partial charge in [0.1, 0.15) is 6.17 Å². The van der Waals surface area contributed by atoms with Gasteiger partial charge in [-0.3, -0.25) is 9.59 Å². The first-order valence-corrected chi connectivity index (χ1v) is 12.4. The zero-order valence-electron chi connectivity index (χ0n) is 21.2. The molecule has 0 bridgehead atoms. The maximum atomic E-state index is 14.7. The summed E-state index contributed by atoms with van der Waals surface area (Å²) in [5, 5.41) is 9.33. The predicted molar refractivity (Wildman–Crippen MR) is 139 cm³/mol. The van der Waals surface area contributed by atoms with Crippen molar-refractivity contribution in [3.63, 3.8) is 0 Å². The lowest BCUT2D eigenvalue weighted by molar-refractivity contribution is -0.122. The van der Waals surface area contributed by atoms with Crippen LogP contribution in [0.1, 0.15) is 31.2 Å². The van der Waals surface area contributed by atoms with Crippen molar-refractivity contribution in [2.75, 3.05) is 32.0 Å². The molecule has 0 unspecified atom stereocenters. The lowest BCUT2D eigenvalue weighted by Gasteiger charge is -2.33. The number of aromatic nitrogens is 1. The number of halogens is 4. The summed E-state index contributed by atoms with van der Waals surface area (Å²) in [6.45, 7) is 5.74. The number of piperidine rings is 1. The molecule has 1 aromatic carbocycles. The molecule has 38 heavy (non-hydrogen) atoms. The van der Waals surface area contributed by atoms with Gasteiger partial charge in [0.05, 0.1) is 28.9 Å². The van der Waals surface area contributed by atoms with E-state index in [0.717, 1.165) is 0 Å². The van der Waals surface area contributed by atoms with Crippen LogP contribution >= 0.6 is 0 Å². The second-order valence-corrected chi connectivity index (χ2v) is 9.89. The molecule has 2 aliphatic rings. The molecule has 4 atom stereocenters. The smallest absolute Gasteiger partial charge is 0.379 e. The molecule has 2 fully saturated rings. The Hall–Kier alpha value is -3.47. The highest BCUT2D eigenvalue weighted by Gasteiger charge is 2.43. The Morgan fingerprint density at radius 2 is 2.00 bits per heavy atom. The second-order valence-electron chi connectivity index (χ2n) is 9.89. The van der Waals surface area contributed by atoms with E-state index in [1.807, 2.05) is 11.9 Å². The van der Waals surface area contributed by atoms with E-state index in [1.165, 1.54) is 19.1 Å². The van der Waals surface area contributed by atoms with Crippen molar-refractivity contribution in [2.24, 2.45) is 5.92 Å². The summed E-state index contributed by atoms with van der Waals surface area (Å²) in [6, 6.07) is 5.85. The SMILES string of the molecule is C=C(c1nc(/C=C/CNC(=O)[C@@H]2C[C@@H]2NC(C)=O)cc2c(N[C@@H]3CCN(C)C[C@@H]3F)cccc12)C(F)(F)F. The fourth-order valence-corrected chi connectivity index (χ4v) is 4.67. The fraction of sp³-hybridized carbons (Fsp3) is 0.444. The zero-order chi connectivity index (χ0) is 27.6. The van der Waals surface area contributed by atoms with Crippen LogP contribution in [-0.4, -0.2) is 72.8 Å². The summed E-state index contributed by atoms with van der Waals surface area (Å²) in [5.74, 6) is -0.702. The van der Waals surface area contributed by atoms with Gasteiger partial charge in [-0.2, -0.15) is 13.2 Å². The zero-order valence-corrected chi connectivity index (χ0v) is 21.2. The number of hydrogen-bond donors (Lipinski definition) is 3. The number of carbonyl (C=O) groups excluding carboxylic acids is 2. The lowest BCUT2D eigenvalue weighted by Crippen LogP contribution is -2.46. The number of nitrogens with zero attached hydrogens (tertiary/aromatic N) is 2. The number of hydrogen-bond acceptors (Lipinski definition) is 5. The fourth-order valence-electron chi connectivity index (χ4n) is 4.67. The lowest BCUT2D eigenvalue weighted by atomic mass is 9.99. The number of likely N-dealkylation sites (tertiary alicyclic amines) is 1. The molecule has 2 amide bonds. The quantitative estimate of drug-likeness (QED) is 0.448. The van der Waals surface area contributed by atoms with Crippen molar-refractivity contribution in [3.05, 3.63) is 48.3 Å². The number of pyridine rings is 1. The van der Waals surface area contributed by atoms with E-state index in [-0.39, 0.29) is 53.6 Å². The van der Waals surface area contributed by atoms with Crippen LogP contribution in [-0.2, 0) is 9.59 Å². The van der Waals surface area contributed by atoms with Crippen molar-refractivity contribution in [1.82, 2.24) is 20.5 Å². The molecule has 2 heterocycles. The monoisotopic (exact) mass is 533 g/mol. The topological polar surface area (TPSA) is 86.4 Å². The Labute approximate surface area is 218 Å². The number of alkyl halides is 4. The van der Waals surface area contributed by atoms with Gasteiger partial charge in [0.25, 0.3) is 0 Å². The number of amides is 2. The largest absolute Gasteiger partial charge is 0.417 e. The van der Waals surface area contributed by atoms with Gasteiger partial charge in [0, 0.05) is 49.1 Å². The van der Waals surface area contributed by atoms with Gasteiger partial charge in [-0.1, -0.05) is 24.8 Å². The van der Waals surface area contributed by atoms with Gasteiger partial charge >= 0.3 is 6.18 Å². The van der Waals surface area contributed by atoms with Crippen LogP contribution in [0.25, 0.3) is 22.4 Å². The van der Waals surface area contributed by atoms with E-state index in [2.05, 4.69) is 27.5 Å². The average Bonchev–Trinajstić information content (AvgIpc) is 3.60. The maximum absolute atomic E-state index is 14.7. The highest BCUT2D eigenvalue weighted by Crippen LogP contribution is 2.37. The van der Waals surface area contributed by atoms with Gasteiger partial charge in [0.2, 0.25) is 11.8 Å². The summed E-state index contributed by atoms with van der Waals surface area (Å²) in [7, 11) is 1.84. The molecule has 1 aliphatic heterocycles. The first-order chi connectivity index (χ1) is 17.9. The minimum atomic E-state index is -4.69. The molecule has 1 aromatic heterocycles. The number of nitrogens with one attached hydrogen (secondary N) is 3. The van der Waals surface area contributed by atoms with E-state index in [0.29, 0.717) is 30.5 Å². The van der Waals surface area contributed by atoms with Crippen molar-refractivity contribution >= 4 is 39.9 Å². The molecule has 3 N–H and O–H groups in total. The molecule has 2 aromatic rings. The van der Waals surface area contributed by atoms with E-state index in [1.54, 1.807) is 24.3 Å². The summed E-state index contributed by atoms with van der Waals surface area (Å²) < 4.78 is 55.6. The van der Waals surface area contributed by atoms with E-state index in [9.17, 15) is 27.2 Å². The highest BCUT2D eigenvalue weighted by atomic mass is 19.4. The number of anilines is 1. The van der Waals surface area contributed by atoms with Crippen molar-refractivity contribution in [1.29, 1.82) is 0 Å². The number of rotatable bonds is 8. The van der Waals surface area contributed by atoms with Crippen molar-refractivity contribution in [3.8, 4) is 0 Å². The molecule has 0 spiro atoms. The third-order valence-electron chi connectivity index (χ3n) is 6.81. The van der Waals surface area contributed by atoms with Gasteiger partial charge in [-0.25, -0.2) is 9.37 Å². The Morgan fingerprint density at radius 1 is 1.24 bits per heavy atom. The van der Waals surface area contributed by atoms with E-state index in [4.69, 9.17) is 0 Å². The summed E-state index contributed by atoms with van der Waals surface area (Å²) in [6.07, 6.45) is -1.58. The Balaban J connectivity index is 1.57. The normalized spacial score (nSPS) is 23.8. The Bertz CT molecular complexity index is 1260. The van der Waals surface area contributed by atoms with Crippen molar-refractivity contribution in [2.45, 2.75) is 44.2 Å². The predicted octanol–water partition coefficient (Wildman–Crippen LogP) is 3.92. The average molecular weight is 534 g/mol. The van der Waals surface area contributed by atoms with Crippen LogP contribution < -0.4 is 16.0 Å². The van der Waals surface area contributed by atoms with Crippen LogP contribution in [0.3, 0.4) is 0 Å². The number of fused-ring (bicyclic) bond motifs is 1. The van der Waals surface area contributed by atoms with Crippen LogP contribution in [0.15, 0.2) is 36.9 Å². The van der Waals surface area contributed by atoms with Crippen LogP contribution in [0.2, 0.25) is 0 Å². The number of allylic oxidation sites excluding steroid dienone is 1. The van der Waals surface area contributed by atoms with E-state index >= 15 is 0 Å². The summed E-state index contributed by atoms with van der Waals surface area (Å²) >= 11 is 0. The van der Waals surface area contributed by atoms with Crippen LogP contribution in [0.5, 0.6) is 0 Å². The molecule has 204 valence electrons. The Morgan fingerprint density at radius 3 is 2.68 bits per heavy atom. The van der Waals surface area contributed by atoms with Gasteiger partial charge < -0.3 is 20.9 Å². The summed E-state index contributed by atoms with van der Waals surface area (Å²) in [5.41, 5.74) is -0.634. The van der Waals surface area contributed by atoms with Gasteiger partial charge in [0.15, 0.2) is 0 Å². The molecule has 1 aliphatic carbocycles.